The van der Waals surface area contributed by atoms with Gasteiger partial charge in [0.2, 0.25) is 0 Å². The van der Waals surface area contributed by atoms with Crippen molar-refractivity contribution in [2.45, 2.75) is 132 Å². The van der Waals surface area contributed by atoms with E-state index in [4.69, 9.17) is 4.74 Å². The Labute approximate surface area is 272 Å². The van der Waals surface area contributed by atoms with Crippen LogP contribution in [0.25, 0.3) is 20.5 Å². The molecular weight excluding hydrogens is 593 g/mol. The molecule has 1 unspecified atom stereocenters. The third-order valence-corrected chi connectivity index (χ3v) is 9.43. The molecule has 0 saturated carbocycles. The van der Waals surface area contributed by atoms with Gasteiger partial charge in [-0.3, -0.25) is 4.79 Å². The van der Waals surface area contributed by atoms with Gasteiger partial charge in [0.05, 0.1) is 5.92 Å². The number of hydrogen-bond acceptors (Lipinski definition) is 4. The topological polar surface area (TPSA) is 35.5 Å². The Kier molecular flexibility index (Phi) is 11.2. The number of aryl methyl sites for hydroxylation is 1. The molecular formula is C38H53F3O3S. The van der Waals surface area contributed by atoms with Crippen LogP contribution in [0.2, 0.25) is 0 Å². The van der Waals surface area contributed by atoms with Crippen LogP contribution in [0.1, 0.15) is 119 Å². The summed E-state index contributed by atoms with van der Waals surface area (Å²) in [5.74, 6) is -0.547. The molecule has 0 fully saturated rings. The average molecular weight is 647 g/mol. The summed E-state index contributed by atoms with van der Waals surface area (Å²) >= 11 is 1.46. The first-order valence-electron chi connectivity index (χ1n) is 16.2. The smallest absolute Gasteiger partial charge is 0.459 e. The highest BCUT2D eigenvalue weighted by molar-refractivity contribution is 7.22. The highest BCUT2D eigenvalue weighted by atomic mass is 32.1. The van der Waals surface area contributed by atoms with Crippen molar-refractivity contribution in [2.24, 2.45) is 16.7 Å². The second-order valence-corrected chi connectivity index (χ2v) is 17.2. The van der Waals surface area contributed by atoms with Crippen LogP contribution in [0.3, 0.4) is 0 Å². The number of esters is 1. The molecule has 3 rings (SSSR count). The number of rotatable bonds is 12. The van der Waals surface area contributed by atoms with Gasteiger partial charge in [0, 0.05) is 15.1 Å². The van der Waals surface area contributed by atoms with Crippen molar-refractivity contribution in [1.29, 1.82) is 0 Å². The van der Waals surface area contributed by atoms with Gasteiger partial charge in [0.15, 0.2) is 0 Å². The Hall–Kier alpha value is -2.54. The fraction of sp³-hybridized carbons (Fsp3) is 0.605. The zero-order valence-corrected chi connectivity index (χ0v) is 29.9. The van der Waals surface area contributed by atoms with Crippen LogP contribution in [-0.2, 0) is 21.4 Å². The molecule has 1 heterocycles. The number of alkyl halides is 3. The minimum absolute atomic E-state index is 0.00827. The molecule has 0 aliphatic heterocycles. The van der Waals surface area contributed by atoms with Crippen molar-refractivity contribution in [1.82, 2.24) is 0 Å². The summed E-state index contributed by atoms with van der Waals surface area (Å²) in [5.41, 5.74) is 1.07. The van der Waals surface area contributed by atoms with Crippen molar-refractivity contribution in [3.8, 4) is 16.2 Å². The number of carbonyl (C=O) groups excluding carboxylic acids is 1. The van der Waals surface area contributed by atoms with E-state index in [2.05, 4.69) is 79.2 Å². The standard InChI is InChI=1S/C38H53F3O3S/c1-12-13-14-15-25-16-19-28(30(20-25)43-38(39,40)41)32-21-26-17-18-27(22-31(26)45-32)36(8,9)24-37(10,11)44-33(42)29(35(5,6)7)23-34(2,3)4/h16-22,29H,12-15,23-24H2,1-11H3. The lowest BCUT2D eigenvalue weighted by Crippen LogP contribution is -2.41. The van der Waals surface area contributed by atoms with Crippen molar-refractivity contribution >= 4 is 27.4 Å². The minimum atomic E-state index is -4.78. The third-order valence-electron chi connectivity index (χ3n) is 8.30. The van der Waals surface area contributed by atoms with Crippen LogP contribution in [0.5, 0.6) is 5.75 Å². The molecule has 2 aromatic carbocycles. The second kappa shape index (κ2) is 13.7. The fourth-order valence-corrected chi connectivity index (χ4v) is 7.33. The highest BCUT2D eigenvalue weighted by Crippen LogP contribution is 2.44. The van der Waals surface area contributed by atoms with Crippen LogP contribution < -0.4 is 4.74 Å². The van der Waals surface area contributed by atoms with Gasteiger partial charge < -0.3 is 9.47 Å². The summed E-state index contributed by atoms with van der Waals surface area (Å²) in [5, 5.41) is 0.959. The van der Waals surface area contributed by atoms with Gasteiger partial charge in [-0.1, -0.05) is 93.4 Å². The van der Waals surface area contributed by atoms with E-state index in [0.29, 0.717) is 18.4 Å². The Morgan fingerprint density at radius 1 is 0.867 bits per heavy atom. The molecule has 0 bridgehead atoms. The number of hydrogen-bond donors (Lipinski definition) is 0. The van der Waals surface area contributed by atoms with Crippen molar-refractivity contribution < 1.29 is 27.4 Å². The number of fused-ring (bicyclic) bond motifs is 1. The number of benzene rings is 2. The molecule has 250 valence electrons. The van der Waals surface area contributed by atoms with E-state index >= 15 is 0 Å². The molecule has 0 amide bonds. The highest BCUT2D eigenvalue weighted by Gasteiger charge is 2.40. The average Bonchev–Trinajstić information content (AvgIpc) is 3.27. The predicted octanol–water partition coefficient (Wildman–Crippen LogP) is 12.3. The second-order valence-electron chi connectivity index (χ2n) is 16.1. The molecule has 0 aliphatic carbocycles. The first-order chi connectivity index (χ1) is 20.5. The van der Waals surface area contributed by atoms with E-state index < -0.39 is 12.0 Å². The van der Waals surface area contributed by atoms with Crippen LogP contribution in [0.15, 0.2) is 42.5 Å². The number of unbranched alkanes of at least 4 members (excludes halogenated alkanes) is 2. The lowest BCUT2D eigenvalue weighted by atomic mass is 9.72. The van der Waals surface area contributed by atoms with Gasteiger partial charge in [-0.2, -0.15) is 0 Å². The van der Waals surface area contributed by atoms with E-state index in [-0.39, 0.29) is 33.9 Å². The summed E-state index contributed by atoms with van der Waals surface area (Å²) in [4.78, 5) is 14.2. The van der Waals surface area contributed by atoms with Crippen molar-refractivity contribution in [3.05, 3.63) is 53.6 Å². The Bertz CT molecular complexity index is 1450. The molecule has 0 aliphatic rings. The van der Waals surface area contributed by atoms with E-state index in [1.165, 1.54) is 17.4 Å². The van der Waals surface area contributed by atoms with Crippen LogP contribution >= 0.6 is 11.3 Å². The van der Waals surface area contributed by atoms with E-state index in [0.717, 1.165) is 51.8 Å². The fourth-order valence-electron chi connectivity index (χ4n) is 6.20. The van der Waals surface area contributed by atoms with E-state index in [1.807, 2.05) is 32.0 Å². The molecule has 0 spiro atoms. The predicted molar refractivity (Wildman–Crippen MR) is 182 cm³/mol. The number of carbonyl (C=O) groups is 1. The first kappa shape index (κ1) is 36.9. The van der Waals surface area contributed by atoms with E-state index in [1.54, 1.807) is 6.07 Å². The lowest BCUT2D eigenvalue weighted by molar-refractivity contribution is -0.274. The number of thiophene rings is 1. The lowest BCUT2D eigenvalue weighted by Gasteiger charge is -2.39. The zero-order chi connectivity index (χ0) is 34.0. The monoisotopic (exact) mass is 646 g/mol. The first-order valence-corrected chi connectivity index (χ1v) is 17.0. The van der Waals surface area contributed by atoms with Gasteiger partial charge >= 0.3 is 12.3 Å². The molecule has 1 atom stereocenters. The summed E-state index contributed by atoms with van der Waals surface area (Å²) in [6, 6.07) is 13.3. The maximum Gasteiger partial charge on any atom is 0.573 e. The molecule has 0 N–H and O–H groups in total. The van der Waals surface area contributed by atoms with Gasteiger partial charge in [0.1, 0.15) is 11.4 Å². The number of halogens is 3. The molecule has 0 radical (unpaired) electrons. The van der Waals surface area contributed by atoms with Gasteiger partial charge in [0.25, 0.3) is 0 Å². The Morgan fingerprint density at radius 2 is 1.53 bits per heavy atom. The van der Waals surface area contributed by atoms with Crippen LogP contribution in [0.4, 0.5) is 13.2 Å². The Balaban J connectivity index is 1.88. The zero-order valence-electron chi connectivity index (χ0n) is 29.1. The van der Waals surface area contributed by atoms with E-state index in [9.17, 15) is 18.0 Å². The van der Waals surface area contributed by atoms with Gasteiger partial charge in [-0.15, -0.1) is 24.5 Å². The molecule has 45 heavy (non-hydrogen) atoms. The van der Waals surface area contributed by atoms with Crippen LogP contribution in [-0.4, -0.2) is 17.9 Å². The maximum atomic E-state index is 13.5. The quantitative estimate of drug-likeness (QED) is 0.145. The van der Waals surface area contributed by atoms with Crippen molar-refractivity contribution in [2.75, 3.05) is 0 Å². The molecule has 1 aromatic heterocycles. The Morgan fingerprint density at radius 3 is 2.11 bits per heavy atom. The molecule has 3 aromatic rings. The largest absolute Gasteiger partial charge is 0.573 e. The summed E-state index contributed by atoms with van der Waals surface area (Å²) in [7, 11) is 0. The molecule has 7 heteroatoms. The van der Waals surface area contributed by atoms with Gasteiger partial charge in [-0.05, 0) is 96.6 Å². The molecule has 0 saturated heterocycles. The summed E-state index contributed by atoms with van der Waals surface area (Å²) in [6.07, 6.45) is 0.275. The van der Waals surface area contributed by atoms with Crippen LogP contribution in [0, 0.1) is 16.7 Å². The maximum absolute atomic E-state index is 13.5. The SMILES string of the molecule is CCCCCc1ccc(-c2cc3ccc(C(C)(C)CC(C)(C)OC(=O)C(CC(C)(C)C)C(C)(C)C)cc3s2)c(OC(F)(F)F)c1. The molecule has 3 nitrogen and oxygen atoms in total. The van der Waals surface area contributed by atoms with Crippen molar-refractivity contribution in [3.63, 3.8) is 0 Å². The third kappa shape index (κ3) is 10.8. The summed E-state index contributed by atoms with van der Waals surface area (Å²) < 4.78 is 51.9. The summed E-state index contributed by atoms with van der Waals surface area (Å²) in [6.45, 7) is 23.0. The number of ether oxygens (including phenoxy) is 2. The minimum Gasteiger partial charge on any atom is -0.459 e. The normalized spacial score (nSPS) is 14.1. The van der Waals surface area contributed by atoms with Gasteiger partial charge in [-0.25, -0.2) is 0 Å².